The summed E-state index contributed by atoms with van der Waals surface area (Å²) in [5.41, 5.74) is 8.95. The number of aliphatic imine (C=N–C) groups is 1. The van der Waals surface area contributed by atoms with E-state index in [1.807, 2.05) is 18.3 Å². The van der Waals surface area contributed by atoms with Gasteiger partial charge in [0.1, 0.15) is 17.0 Å². The second kappa shape index (κ2) is 7.45. The summed E-state index contributed by atoms with van der Waals surface area (Å²) in [5.74, 6) is 1.33. The van der Waals surface area contributed by atoms with Gasteiger partial charge in [-0.15, -0.1) is 0 Å². The number of hydrogen-bond donors (Lipinski definition) is 2. The first-order valence-electron chi connectivity index (χ1n) is 10.8. The normalized spacial score (nSPS) is 20.7. The number of hydrogen-bond acceptors (Lipinski definition) is 7. The van der Waals surface area contributed by atoms with Crippen LogP contribution in [-0.4, -0.2) is 28.5 Å². The van der Waals surface area contributed by atoms with Crippen LogP contribution in [0.5, 0.6) is 11.6 Å². The Morgan fingerprint density at radius 1 is 1.12 bits per heavy atom. The number of carbonyl (C=O) groups excluding carboxylic acids is 1. The molecule has 3 aromatic rings. The van der Waals surface area contributed by atoms with Crippen molar-refractivity contribution in [1.82, 2.24) is 9.97 Å². The summed E-state index contributed by atoms with van der Waals surface area (Å²) in [6.07, 6.45) is 6.22. The van der Waals surface area contributed by atoms with Crippen molar-refractivity contribution in [3.63, 3.8) is 0 Å². The largest absolute Gasteiger partial charge is 0.465 e. The molecule has 3 aliphatic rings. The Morgan fingerprint density at radius 3 is 2.76 bits per heavy atom. The fourth-order valence-corrected chi connectivity index (χ4v) is 4.54. The van der Waals surface area contributed by atoms with Crippen LogP contribution in [0.4, 0.5) is 5.69 Å². The van der Waals surface area contributed by atoms with Crippen molar-refractivity contribution in [2.75, 3.05) is 11.9 Å². The van der Waals surface area contributed by atoms with Gasteiger partial charge in [0.2, 0.25) is 5.88 Å². The number of anilines is 1. The van der Waals surface area contributed by atoms with E-state index in [0.29, 0.717) is 41.3 Å². The van der Waals surface area contributed by atoms with Gasteiger partial charge in [0.15, 0.2) is 0 Å². The third-order valence-electron chi connectivity index (χ3n) is 6.23. The third-order valence-corrected chi connectivity index (χ3v) is 6.45. The van der Waals surface area contributed by atoms with E-state index in [1.165, 1.54) is 11.8 Å². The lowest BCUT2D eigenvalue weighted by Gasteiger charge is -2.39. The first-order valence-corrected chi connectivity index (χ1v) is 11.1. The second-order valence-corrected chi connectivity index (χ2v) is 8.87. The van der Waals surface area contributed by atoms with Crippen LogP contribution in [0, 0.1) is 0 Å². The number of benzene rings is 1. The number of fused-ring (bicyclic) bond motifs is 4. The van der Waals surface area contributed by atoms with E-state index in [-0.39, 0.29) is 17.6 Å². The zero-order valence-electron chi connectivity index (χ0n) is 17.5. The van der Waals surface area contributed by atoms with E-state index >= 15 is 0 Å². The van der Waals surface area contributed by atoms with Crippen molar-refractivity contribution in [1.29, 1.82) is 0 Å². The van der Waals surface area contributed by atoms with Crippen LogP contribution < -0.4 is 15.8 Å². The number of nitrogens with zero attached hydrogens (tertiary/aromatic N) is 3. The van der Waals surface area contributed by atoms with E-state index in [4.69, 9.17) is 31.8 Å². The van der Waals surface area contributed by atoms with Gasteiger partial charge in [-0.3, -0.25) is 4.79 Å². The van der Waals surface area contributed by atoms with Crippen molar-refractivity contribution in [3.8, 4) is 11.6 Å². The molecular weight excluding hydrogens is 442 g/mol. The molecule has 2 aromatic heterocycles. The summed E-state index contributed by atoms with van der Waals surface area (Å²) >= 11 is 5.88. The average molecular weight is 462 g/mol. The monoisotopic (exact) mass is 461 g/mol. The molecule has 8 nitrogen and oxygen atoms in total. The maximum Gasteiger partial charge on any atom is 0.283 e. The Morgan fingerprint density at radius 2 is 2.00 bits per heavy atom. The van der Waals surface area contributed by atoms with Gasteiger partial charge in [0, 0.05) is 35.6 Å². The molecule has 6 rings (SSSR count). The predicted octanol–water partition coefficient (Wildman–Crippen LogP) is 4.34. The highest BCUT2D eigenvalue weighted by Crippen LogP contribution is 2.53. The zero-order chi connectivity index (χ0) is 22.6. The Kier molecular flexibility index (Phi) is 4.51. The first kappa shape index (κ1) is 20.0. The lowest BCUT2D eigenvalue weighted by atomic mass is 9.78. The van der Waals surface area contributed by atoms with Crippen LogP contribution in [-0.2, 0) is 10.3 Å². The van der Waals surface area contributed by atoms with Crippen molar-refractivity contribution in [3.05, 3.63) is 76.2 Å². The van der Waals surface area contributed by atoms with Crippen LogP contribution in [0.25, 0.3) is 0 Å². The molecule has 3 N–H and O–H groups in total. The lowest BCUT2D eigenvalue weighted by molar-refractivity contribution is 0.102. The molecule has 0 saturated heterocycles. The van der Waals surface area contributed by atoms with E-state index in [0.717, 1.165) is 24.0 Å². The number of pyridine rings is 2. The standard InChI is InChI=1S/C24H20ClN5O3/c25-15-3-5-19(27-12-15)21(31)29-16-4-6-20-17(10-16)24(7-8-32-23(26)30-24)18-9-14(13-1-2-13)11-28-22(18)33-20/h3-6,9-13H,1-2,7-8H2,(H2,26,30)(H,29,31). The Bertz CT molecular complexity index is 1310. The molecule has 1 unspecified atom stereocenters. The number of halogens is 1. The first-order chi connectivity index (χ1) is 16.0. The SMILES string of the molecule is NC1=NC2(CCO1)c1cc(NC(=O)c3ccc(Cl)cn3)ccc1Oc1ncc(C3CC3)cc12. The molecule has 1 atom stereocenters. The van der Waals surface area contributed by atoms with Crippen LogP contribution in [0.15, 0.2) is 53.8 Å². The summed E-state index contributed by atoms with van der Waals surface area (Å²) < 4.78 is 11.6. The van der Waals surface area contributed by atoms with Crippen LogP contribution in [0.2, 0.25) is 5.02 Å². The molecule has 1 aliphatic carbocycles. The van der Waals surface area contributed by atoms with Crippen molar-refractivity contribution in [2.24, 2.45) is 10.7 Å². The van der Waals surface area contributed by atoms with Gasteiger partial charge in [0.25, 0.3) is 11.9 Å². The minimum absolute atomic E-state index is 0.122. The van der Waals surface area contributed by atoms with Gasteiger partial charge < -0.3 is 20.5 Å². The van der Waals surface area contributed by atoms with Gasteiger partial charge >= 0.3 is 0 Å². The van der Waals surface area contributed by atoms with E-state index in [2.05, 4.69) is 21.4 Å². The number of aromatic nitrogens is 2. The average Bonchev–Trinajstić information content (AvgIpc) is 3.66. The topological polar surface area (TPSA) is 112 Å². The lowest BCUT2D eigenvalue weighted by Crippen LogP contribution is -2.39. The minimum Gasteiger partial charge on any atom is -0.465 e. The summed E-state index contributed by atoms with van der Waals surface area (Å²) in [5, 5.41) is 3.36. The van der Waals surface area contributed by atoms with E-state index < -0.39 is 5.54 Å². The quantitative estimate of drug-likeness (QED) is 0.600. The van der Waals surface area contributed by atoms with Crippen molar-refractivity contribution < 1.29 is 14.3 Å². The molecule has 1 saturated carbocycles. The highest BCUT2D eigenvalue weighted by atomic mass is 35.5. The molecular formula is C24H20ClN5O3. The minimum atomic E-state index is -0.803. The Balaban J connectivity index is 1.43. The van der Waals surface area contributed by atoms with Crippen LogP contribution in [0.3, 0.4) is 0 Å². The molecule has 1 amide bonds. The van der Waals surface area contributed by atoms with Crippen molar-refractivity contribution in [2.45, 2.75) is 30.7 Å². The van der Waals surface area contributed by atoms with Gasteiger partial charge in [-0.25, -0.2) is 15.0 Å². The van der Waals surface area contributed by atoms with Crippen molar-refractivity contribution >= 4 is 29.2 Å². The molecule has 166 valence electrons. The smallest absolute Gasteiger partial charge is 0.283 e. The van der Waals surface area contributed by atoms with E-state index in [1.54, 1.807) is 18.2 Å². The number of nitrogens with two attached hydrogens (primary N) is 1. The number of nitrogens with one attached hydrogen (secondary N) is 1. The molecule has 0 radical (unpaired) electrons. The zero-order valence-corrected chi connectivity index (χ0v) is 18.3. The molecule has 1 spiro atoms. The van der Waals surface area contributed by atoms with Gasteiger partial charge in [-0.2, -0.15) is 0 Å². The fraction of sp³-hybridized carbons (Fsp3) is 0.250. The molecule has 1 fully saturated rings. The number of ether oxygens (including phenoxy) is 2. The molecule has 0 bridgehead atoms. The molecule has 9 heteroatoms. The molecule has 1 aromatic carbocycles. The summed E-state index contributed by atoms with van der Waals surface area (Å²) in [4.78, 5) is 26.2. The number of carbonyl (C=O) groups is 1. The molecule has 33 heavy (non-hydrogen) atoms. The number of amides is 1. The van der Waals surface area contributed by atoms with Crippen LogP contribution >= 0.6 is 11.6 Å². The summed E-state index contributed by atoms with van der Waals surface area (Å²) in [7, 11) is 0. The number of rotatable bonds is 3. The summed E-state index contributed by atoms with van der Waals surface area (Å²) in [6, 6.07) is 10.9. The summed E-state index contributed by atoms with van der Waals surface area (Å²) in [6.45, 7) is 0.410. The highest BCUT2D eigenvalue weighted by Gasteiger charge is 2.46. The number of amidine groups is 1. The fourth-order valence-electron chi connectivity index (χ4n) is 4.43. The molecule has 2 aliphatic heterocycles. The predicted molar refractivity (Wildman–Crippen MR) is 123 cm³/mol. The maximum atomic E-state index is 12.7. The van der Waals surface area contributed by atoms with Gasteiger partial charge in [0.05, 0.1) is 11.6 Å². The van der Waals surface area contributed by atoms with Gasteiger partial charge in [-0.05, 0) is 60.7 Å². The molecule has 4 heterocycles. The Hall–Kier alpha value is -3.65. The Labute approximate surface area is 194 Å². The highest BCUT2D eigenvalue weighted by molar-refractivity contribution is 6.30. The van der Waals surface area contributed by atoms with Crippen LogP contribution in [0.1, 0.15) is 52.4 Å². The van der Waals surface area contributed by atoms with Gasteiger partial charge in [-0.1, -0.05) is 11.6 Å². The third kappa shape index (κ3) is 3.47. The van der Waals surface area contributed by atoms with E-state index in [9.17, 15) is 4.79 Å². The maximum absolute atomic E-state index is 12.7. The second-order valence-electron chi connectivity index (χ2n) is 8.43.